The van der Waals surface area contributed by atoms with E-state index in [0.29, 0.717) is 0 Å². The number of hydrogen-bond acceptors (Lipinski definition) is 2. The van der Waals surface area contributed by atoms with Gasteiger partial charge < -0.3 is 10.6 Å². The van der Waals surface area contributed by atoms with E-state index in [2.05, 4.69) is 20.8 Å². The van der Waals surface area contributed by atoms with Crippen molar-refractivity contribution in [3.05, 3.63) is 0 Å². The molecule has 1 rings (SSSR count). The van der Waals surface area contributed by atoms with Crippen molar-refractivity contribution in [1.82, 2.24) is 4.90 Å². The van der Waals surface area contributed by atoms with Crippen LogP contribution in [0.2, 0.25) is 0 Å². The highest BCUT2D eigenvalue weighted by molar-refractivity contribution is 5.82. The first-order valence-electron chi connectivity index (χ1n) is 7.14. The summed E-state index contributed by atoms with van der Waals surface area (Å²) in [6, 6.07) is -0.307. The molecule has 0 bridgehead atoms. The summed E-state index contributed by atoms with van der Waals surface area (Å²) in [5, 5.41) is 0. The van der Waals surface area contributed by atoms with Crippen LogP contribution in [0, 0.1) is 11.8 Å². The van der Waals surface area contributed by atoms with Crippen LogP contribution in [-0.2, 0) is 4.79 Å². The highest BCUT2D eigenvalue weighted by Gasteiger charge is 2.26. The van der Waals surface area contributed by atoms with Crippen LogP contribution in [0.25, 0.3) is 0 Å². The molecule has 3 unspecified atom stereocenters. The molecule has 0 aromatic heterocycles. The predicted octanol–water partition coefficient (Wildman–Crippen LogP) is 2.40. The molecule has 0 aliphatic carbocycles. The maximum absolute atomic E-state index is 12.2. The van der Waals surface area contributed by atoms with Crippen LogP contribution in [0.15, 0.2) is 0 Å². The van der Waals surface area contributed by atoms with E-state index in [1.165, 1.54) is 12.8 Å². The van der Waals surface area contributed by atoms with Crippen LogP contribution in [-0.4, -0.2) is 29.9 Å². The molecule has 3 atom stereocenters. The Kier molecular flexibility index (Phi) is 5.96. The molecular weight excluding hydrogens is 212 g/mol. The molecule has 0 radical (unpaired) electrons. The smallest absolute Gasteiger partial charge is 0.239 e. The van der Waals surface area contributed by atoms with Crippen molar-refractivity contribution in [2.45, 2.75) is 58.9 Å². The van der Waals surface area contributed by atoms with Crippen molar-refractivity contribution in [3.8, 4) is 0 Å². The molecule has 3 heteroatoms. The number of nitrogens with two attached hydrogens (primary N) is 1. The third-order valence-corrected chi connectivity index (χ3v) is 4.28. The Labute approximate surface area is 106 Å². The molecule has 1 saturated heterocycles. The first-order valence-corrected chi connectivity index (χ1v) is 7.14. The molecule has 0 aromatic carbocycles. The summed E-state index contributed by atoms with van der Waals surface area (Å²) < 4.78 is 0. The second-order valence-electron chi connectivity index (χ2n) is 5.44. The monoisotopic (exact) mass is 240 g/mol. The van der Waals surface area contributed by atoms with Crippen molar-refractivity contribution >= 4 is 5.91 Å². The van der Waals surface area contributed by atoms with Gasteiger partial charge in [0.05, 0.1) is 6.04 Å². The predicted molar refractivity (Wildman–Crippen MR) is 71.6 cm³/mol. The van der Waals surface area contributed by atoms with Gasteiger partial charge in [0.25, 0.3) is 0 Å². The van der Waals surface area contributed by atoms with Gasteiger partial charge in [-0.25, -0.2) is 0 Å². The summed E-state index contributed by atoms with van der Waals surface area (Å²) in [4.78, 5) is 14.2. The standard InChI is InChI=1S/C14H28N2O/c1-4-11(3)13(15)14(17)16-9-6-7-12(5-2)8-10-16/h11-13H,4-10,15H2,1-3H3. The third-order valence-electron chi connectivity index (χ3n) is 4.28. The lowest BCUT2D eigenvalue weighted by Gasteiger charge is -2.27. The Balaban J connectivity index is 2.52. The quantitative estimate of drug-likeness (QED) is 0.820. The fourth-order valence-corrected chi connectivity index (χ4v) is 2.50. The normalized spacial score (nSPS) is 25.2. The van der Waals surface area contributed by atoms with Crippen LogP contribution in [0.3, 0.4) is 0 Å². The number of nitrogens with zero attached hydrogens (tertiary/aromatic N) is 1. The zero-order valence-electron chi connectivity index (χ0n) is 11.6. The van der Waals surface area contributed by atoms with Gasteiger partial charge in [0.1, 0.15) is 0 Å². The number of carbonyl (C=O) groups is 1. The van der Waals surface area contributed by atoms with Crippen molar-refractivity contribution in [1.29, 1.82) is 0 Å². The van der Waals surface area contributed by atoms with Gasteiger partial charge in [-0.3, -0.25) is 4.79 Å². The van der Waals surface area contributed by atoms with E-state index in [9.17, 15) is 4.79 Å². The zero-order chi connectivity index (χ0) is 12.8. The van der Waals surface area contributed by atoms with Gasteiger partial charge in [0.15, 0.2) is 0 Å². The Hall–Kier alpha value is -0.570. The highest BCUT2D eigenvalue weighted by atomic mass is 16.2. The van der Waals surface area contributed by atoms with Gasteiger partial charge in [0.2, 0.25) is 5.91 Å². The summed E-state index contributed by atoms with van der Waals surface area (Å²) in [6.45, 7) is 8.20. The molecule has 100 valence electrons. The van der Waals surface area contributed by atoms with E-state index in [4.69, 9.17) is 5.73 Å². The average Bonchev–Trinajstić information content (AvgIpc) is 2.61. The van der Waals surface area contributed by atoms with E-state index in [1.807, 2.05) is 4.90 Å². The van der Waals surface area contributed by atoms with Crippen LogP contribution in [0.5, 0.6) is 0 Å². The Morgan fingerprint density at radius 1 is 1.35 bits per heavy atom. The number of rotatable bonds is 4. The summed E-state index contributed by atoms with van der Waals surface area (Å²) in [5.41, 5.74) is 6.03. The number of hydrogen-bond donors (Lipinski definition) is 1. The Bertz CT molecular complexity index is 242. The molecule has 0 saturated carbocycles. The fourth-order valence-electron chi connectivity index (χ4n) is 2.50. The van der Waals surface area contributed by atoms with Crippen LogP contribution in [0.4, 0.5) is 0 Å². The Morgan fingerprint density at radius 3 is 2.65 bits per heavy atom. The van der Waals surface area contributed by atoms with E-state index in [0.717, 1.165) is 38.3 Å². The lowest BCUT2D eigenvalue weighted by Crippen LogP contribution is -2.47. The van der Waals surface area contributed by atoms with Crippen molar-refractivity contribution in [3.63, 3.8) is 0 Å². The first-order chi connectivity index (χ1) is 8.10. The van der Waals surface area contributed by atoms with Crippen molar-refractivity contribution in [2.24, 2.45) is 17.6 Å². The number of carbonyl (C=O) groups excluding carboxylic acids is 1. The molecule has 2 N–H and O–H groups in total. The molecule has 1 amide bonds. The minimum atomic E-state index is -0.307. The van der Waals surface area contributed by atoms with Crippen LogP contribution in [0.1, 0.15) is 52.9 Å². The van der Waals surface area contributed by atoms with E-state index >= 15 is 0 Å². The summed E-state index contributed by atoms with van der Waals surface area (Å²) in [6.07, 6.45) is 5.75. The zero-order valence-corrected chi connectivity index (χ0v) is 11.6. The van der Waals surface area contributed by atoms with Crippen molar-refractivity contribution in [2.75, 3.05) is 13.1 Å². The minimum absolute atomic E-state index is 0.163. The van der Waals surface area contributed by atoms with E-state index in [-0.39, 0.29) is 17.9 Å². The summed E-state index contributed by atoms with van der Waals surface area (Å²) in [7, 11) is 0. The lowest BCUT2D eigenvalue weighted by atomic mass is 9.98. The minimum Gasteiger partial charge on any atom is -0.341 e. The SMILES string of the molecule is CCC1CCCN(C(=O)C(N)C(C)CC)CC1. The number of likely N-dealkylation sites (tertiary alicyclic amines) is 1. The van der Waals surface area contributed by atoms with E-state index in [1.54, 1.807) is 0 Å². The van der Waals surface area contributed by atoms with Crippen LogP contribution < -0.4 is 5.73 Å². The first kappa shape index (κ1) is 14.5. The molecule has 3 nitrogen and oxygen atoms in total. The molecular formula is C14H28N2O. The molecule has 1 aliphatic heterocycles. The van der Waals surface area contributed by atoms with Gasteiger partial charge in [0, 0.05) is 13.1 Å². The highest BCUT2D eigenvalue weighted by Crippen LogP contribution is 2.21. The molecule has 1 aliphatic rings. The topological polar surface area (TPSA) is 46.3 Å². The summed E-state index contributed by atoms with van der Waals surface area (Å²) >= 11 is 0. The van der Waals surface area contributed by atoms with Gasteiger partial charge >= 0.3 is 0 Å². The van der Waals surface area contributed by atoms with Gasteiger partial charge in [-0.1, -0.05) is 33.6 Å². The maximum atomic E-state index is 12.2. The molecule has 17 heavy (non-hydrogen) atoms. The largest absolute Gasteiger partial charge is 0.341 e. The summed E-state index contributed by atoms with van der Waals surface area (Å²) in [5.74, 6) is 1.25. The second-order valence-corrected chi connectivity index (χ2v) is 5.44. The molecule has 0 spiro atoms. The van der Waals surface area contributed by atoms with Gasteiger partial charge in [-0.2, -0.15) is 0 Å². The molecule has 0 aromatic rings. The second kappa shape index (κ2) is 7.00. The lowest BCUT2D eigenvalue weighted by molar-refractivity contribution is -0.133. The Morgan fingerprint density at radius 2 is 2.06 bits per heavy atom. The maximum Gasteiger partial charge on any atom is 0.239 e. The third kappa shape index (κ3) is 3.98. The average molecular weight is 240 g/mol. The van der Waals surface area contributed by atoms with Gasteiger partial charge in [-0.05, 0) is 31.1 Å². The van der Waals surface area contributed by atoms with Crippen LogP contribution >= 0.6 is 0 Å². The van der Waals surface area contributed by atoms with Gasteiger partial charge in [-0.15, -0.1) is 0 Å². The van der Waals surface area contributed by atoms with E-state index < -0.39 is 0 Å². The molecule has 1 heterocycles. The van der Waals surface area contributed by atoms with Crippen molar-refractivity contribution < 1.29 is 4.79 Å². The molecule has 1 fully saturated rings. The fraction of sp³-hybridized carbons (Fsp3) is 0.929. The number of amides is 1.